The topological polar surface area (TPSA) is 0 Å². The van der Waals surface area contributed by atoms with Crippen molar-refractivity contribution in [2.24, 2.45) is 5.92 Å². The third-order valence-electron chi connectivity index (χ3n) is 4.07. The van der Waals surface area contributed by atoms with Crippen molar-refractivity contribution in [2.75, 3.05) is 26.7 Å². The fraction of sp³-hybridized carbons (Fsp3) is 1.00. The van der Waals surface area contributed by atoms with Crippen molar-refractivity contribution in [3.05, 3.63) is 0 Å². The summed E-state index contributed by atoms with van der Waals surface area (Å²) in [6, 6.07) is 0. The highest BCUT2D eigenvalue weighted by atomic mass is 15.3. The summed E-state index contributed by atoms with van der Waals surface area (Å²) in [4.78, 5) is 0. The van der Waals surface area contributed by atoms with Crippen molar-refractivity contribution >= 4 is 0 Å². The van der Waals surface area contributed by atoms with Gasteiger partial charge in [-0.15, -0.1) is 0 Å². The molecule has 0 aromatic heterocycles. The lowest BCUT2D eigenvalue weighted by Gasteiger charge is -2.34. The molecular formula is C12H24N+. The van der Waals surface area contributed by atoms with Gasteiger partial charge in [0.05, 0.1) is 26.7 Å². The fourth-order valence-corrected chi connectivity index (χ4v) is 3.27. The molecule has 1 saturated heterocycles. The van der Waals surface area contributed by atoms with Gasteiger partial charge in [0.2, 0.25) is 0 Å². The van der Waals surface area contributed by atoms with E-state index in [-0.39, 0.29) is 0 Å². The third-order valence-corrected chi connectivity index (χ3v) is 4.07. The number of hydrogen-bond acceptors (Lipinski definition) is 0. The first-order valence-corrected chi connectivity index (χ1v) is 6.12. The SMILES string of the molecule is C[N+]1(CC2CCCCC2)CCCC1. The van der Waals surface area contributed by atoms with Crippen LogP contribution < -0.4 is 0 Å². The maximum atomic E-state index is 2.47. The van der Waals surface area contributed by atoms with E-state index in [1.807, 2.05) is 0 Å². The second-order valence-electron chi connectivity index (χ2n) is 5.46. The molecule has 0 bridgehead atoms. The molecule has 1 heterocycles. The zero-order valence-corrected chi connectivity index (χ0v) is 9.10. The second-order valence-corrected chi connectivity index (χ2v) is 5.46. The van der Waals surface area contributed by atoms with E-state index in [1.165, 1.54) is 69.1 Å². The second kappa shape index (κ2) is 4.00. The standard InChI is InChI=1S/C12H24N/c1-13(9-5-6-10-13)11-12-7-3-2-4-8-12/h12H,2-11H2,1H3/q+1. The Balaban J connectivity index is 1.81. The number of quaternary nitrogens is 1. The largest absolute Gasteiger partial charge is 0.326 e. The van der Waals surface area contributed by atoms with Crippen LogP contribution in [-0.4, -0.2) is 31.2 Å². The van der Waals surface area contributed by atoms with Gasteiger partial charge in [-0.25, -0.2) is 0 Å². The highest BCUT2D eigenvalue weighted by molar-refractivity contribution is 4.66. The minimum atomic E-state index is 1.07. The van der Waals surface area contributed by atoms with Gasteiger partial charge in [0.15, 0.2) is 0 Å². The normalized spacial score (nSPS) is 29.3. The van der Waals surface area contributed by atoms with Crippen LogP contribution in [0.2, 0.25) is 0 Å². The number of likely N-dealkylation sites (tertiary alicyclic amines) is 1. The molecule has 0 N–H and O–H groups in total. The molecule has 2 fully saturated rings. The Morgan fingerprint density at radius 2 is 1.54 bits per heavy atom. The van der Waals surface area contributed by atoms with Crippen LogP contribution in [0.5, 0.6) is 0 Å². The van der Waals surface area contributed by atoms with E-state index in [9.17, 15) is 0 Å². The van der Waals surface area contributed by atoms with Crippen LogP contribution in [0.1, 0.15) is 44.9 Å². The Morgan fingerprint density at radius 1 is 0.923 bits per heavy atom. The quantitative estimate of drug-likeness (QED) is 0.576. The predicted octanol–water partition coefficient (Wildman–Crippen LogP) is 2.81. The Bertz CT molecular complexity index is 153. The first-order chi connectivity index (χ1) is 6.29. The number of nitrogens with zero attached hydrogens (tertiary/aromatic N) is 1. The average molecular weight is 182 g/mol. The molecule has 13 heavy (non-hydrogen) atoms. The molecular weight excluding hydrogens is 158 g/mol. The number of hydrogen-bond donors (Lipinski definition) is 0. The summed E-state index contributed by atoms with van der Waals surface area (Å²) in [5.41, 5.74) is 0. The van der Waals surface area contributed by atoms with Crippen LogP contribution in [0.4, 0.5) is 0 Å². The van der Waals surface area contributed by atoms with Crippen LogP contribution in [0.15, 0.2) is 0 Å². The number of rotatable bonds is 2. The molecule has 0 spiro atoms. The summed E-state index contributed by atoms with van der Waals surface area (Å²) in [5, 5.41) is 0. The zero-order chi connectivity index (χ0) is 9.15. The van der Waals surface area contributed by atoms with Crippen molar-refractivity contribution in [3.63, 3.8) is 0 Å². The van der Waals surface area contributed by atoms with E-state index >= 15 is 0 Å². The van der Waals surface area contributed by atoms with Crippen molar-refractivity contribution in [2.45, 2.75) is 44.9 Å². The molecule has 2 aliphatic rings. The van der Waals surface area contributed by atoms with Gasteiger partial charge in [-0.3, -0.25) is 0 Å². The smallest absolute Gasteiger partial charge is 0.0813 e. The summed E-state index contributed by atoms with van der Waals surface area (Å²) in [6.07, 6.45) is 10.5. The first-order valence-electron chi connectivity index (χ1n) is 6.12. The summed E-state index contributed by atoms with van der Waals surface area (Å²) in [7, 11) is 2.47. The molecule has 0 aromatic carbocycles. The minimum Gasteiger partial charge on any atom is -0.326 e. The highest BCUT2D eigenvalue weighted by Crippen LogP contribution is 2.28. The lowest BCUT2D eigenvalue weighted by Crippen LogP contribution is -2.44. The first kappa shape index (κ1) is 9.51. The molecule has 0 unspecified atom stereocenters. The van der Waals surface area contributed by atoms with Crippen LogP contribution in [-0.2, 0) is 0 Å². The summed E-state index contributed by atoms with van der Waals surface area (Å²) in [6.45, 7) is 4.40. The van der Waals surface area contributed by atoms with E-state index in [0.29, 0.717) is 0 Å². The minimum absolute atomic E-state index is 1.07. The van der Waals surface area contributed by atoms with Crippen molar-refractivity contribution in [3.8, 4) is 0 Å². The molecule has 1 heteroatoms. The third kappa shape index (κ3) is 2.46. The molecule has 1 nitrogen and oxygen atoms in total. The maximum absolute atomic E-state index is 2.47. The molecule has 76 valence electrons. The maximum Gasteiger partial charge on any atom is 0.0813 e. The summed E-state index contributed by atoms with van der Waals surface area (Å²) in [5.74, 6) is 1.07. The van der Waals surface area contributed by atoms with E-state index in [2.05, 4.69) is 7.05 Å². The monoisotopic (exact) mass is 182 g/mol. The van der Waals surface area contributed by atoms with Crippen molar-refractivity contribution < 1.29 is 4.48 Å². The zero-order valence-electron chi connectivity index (χ0n) is 9.10. The summed E-state index contributed by atoms with van der Waals surface area (Å²) >= 11 is 0. The van der Waals surface area contributed by atoms with E-state index in [1.54, 1.807) is 0 Å². The molecule has 1 saturated carbocycles. The molecule has 0 atom stereocenters. The van der Waals surface area contributed by atoms with E-state index < -0.39 is 0 Å². The average Bonchev–Trinajstić information content (AvgIpc) is 2.54. The van der Waals surface area contributed by atoms with Gasteiger partial charge in [0.25, 0.3) is 0 Å². The van der Waals surface area contributed by atoms with Crippen LogP contribution in [0, 0.1) is 5.92 Å². The van der Waals surface area contributed by atoms with Crippen molar-refractivity contribution in [1.29, 1.82) is 0 Å². The molecule has 1 aliphatic heterocycles. The van der Waals surface area contributed by atoms with Gasteiger partial charge in [-0.05, 0) is 12.8 Å². The van der Waals surface area contributed by atoms with E-state index in [0.717, 1.165) is 5.92 Å². The Kier molecular flexibility index (Phi) is 2.92. The van der Waals surface area contributed by atoms with Crippen molar-refractivity contribution in [1.82, 2.24) is 0 Å². The highest BCUT2D eigenvalue weighted by Gasteiger charge is 2.30. The lowest BCUT2D eigenvalue weighted by atomic mass is 9.88. The van der Waals surface area contributed by atoms with Gasteiger partial charge < -0.3 is 4.48 Å². The summed E-state index contributed by atoms with van der Waals surface area (Å²) < 4.78 is 1.39. The molecule has 0 radical (unpaired) electrons. The predicted molar refractivity (Wildman–Crippen MR) is 56.6 cm³/mol. The van der Waals surface area contributed by atoms with Gasteiger partial charge in [0, 0.05) is 18.8 Å². The molecule has 2 rings (SSSR count). The lowest BCUT2D eigenvalue weighted by molar-refractivity contribution is -0.901. The van der Waals surface area contributed by atoms with Gasteiger partial charge >= 0.3 is 0 Å². The Morgan fingerprint density at radius 3 is 2.15 bits per heavy atom. The molecule has 0 aromatic rings. The van der Waals surface area contributed by atoms with Gasteiger partial charge in [-0.2, -0.15) is 0 Å². The Labute approximate surface area is 82.7 Å². The molecule has 0 amide bonds. The Hall–Kier alpha value is -0.0400. The molecule has 1 aliphatic carbocycles. The van der Waals surface area contributed by atoms with Gasteiger partial charge in [-0.1, -0.05) is 19.3 Å². The van der Waals surface area contributed by atoms with Gasteiger partial charge in [0.1, 0.15) is 0 Å². The van der Waals surface area contributed by atoms with Crippen LogP contribution in [0.25, 0.3) is 0 Å². The van der Waals surface area contributed by atoms with Crippen LogP contribution in [0.3, 0.4) is 0 Å². The van der Waals surface area contributed by atoms with E-state index in [4.69, 9.17) is 0 Å². The van der Waals surface area contributed by atoms with Crippen LogP contribution >= 0.6 is 0 Å². The fourth-order valence-electron chi connectivity index (χ4n) is 3.27.